The van der Waals surface area contributed by atoms with Crippen molar-refractivity contribution in [2.45, 2.75) is 32.2 Å². The van der Waals surface area contributed by atoms with Crippen molar-refractivity contribution >= 4 is 17.5 Å². The first-order valence-corrected chi connectivity index (χ1v) is 7.56. The molecule has 0 N–H and O–H groups in total. The topological polar surface area (TPSA) is 40.6 Å². The van der Waals surface area contributed by atoms with Gasteiger partial charge in [-0.1, -0.05) is 6.42 Å². The average Bonchev–Trinajstić information content (AvgIpc) is 2.40. The largest absolute Gasteiger partial charge is 0.329 e. The second-order valence-corrected chi connectivity index (χ2v) is 5.92. The lowest BCUT2D eigenvalue weighted by Gasteiger charge is -2.41. The predicted octanol–water partition coefficient (Wildman–Crippen LogP) is 2.33. The number of carbonyl (C=O) groups excluding carboxylic acids is 2. The molecule has 118 valence electrons. The molecule has 1 saturated heterocycles. The Morgan fingerprint density at radius 3 is 2.55 bits per heavy atom. The van der Waals surface area contributed by atoms with Gasteiger partial charge < -0.3 is 9.80 Å². The van der Waals surface area contributed by atoms with Crippen LogP contribution in [0.4, 0.5) is 14.5 Å². The Labute approximate surface area is 127 Å². The van der Waals surface area contributed by atoms with E-state index in [0.29, 0.717) is 6.54 Å². The van der Waals surface area contributed by atoms with Crippen LogP contribution in [0.5, 0.6) is 0 Å². The maximum atomic E-state index is 13.9. The van der Waals surface area contributed by atoms with Gasteiger partial charge in [0, 0.05) is 25.1 Å². The Bertz CT molecular complexity index is 616. The molecule has 22 heavy (non-hydrogen) atoms. The Kier molecular flexibility index (Phi) is 3.85. The second kappa shape index (κ2) is 5.66. The Balaban J connectivity index is 1.78. The molecule has 2 aliphatic rings. The third-order valence-electron chi connectivity index (χ3n) is 4.59. The lowest BCUT2D eigenvalue weighted by molar-refractivity contribution is -0.146. The molecule has 4 nitrogen and oxygen atoms in total. The number of hydrogen-bond donors (Lipinski definition) is 0. The van der Waals surface area contributed by atoms with E-state index in [2.05, 4.69) is 0 Å². The van der Waals surface area contributed by atoms with Gasteiger partial charge in [-0.25, -0.2) is 8.78 Å². The summed E-state index contributed by atoms with van der Waals surface area (Å²) in [6.45, 7) is 2.26. The van der Waals surface area contributed by atoms with Crippen molar-refractivity contribution < 1.29 is 18.4 Å². The lowest BCUT2D eigenvalue weighted by atomic mass is 9.84. The first-order chi connectivity index (χ1) is 10.5. The summed E-state index contributed by atoms with van der Waals surface area (Å²) in [6.07, 6.45) is 2.82. The number of nitrogens with zero attached hydrogens (tertiary/aromatic N) is 2. The minimum Gasteiger partial charge on any atom is -0.329 e. The van der Waals surface area contributed by atoms with Gasteiger partial charge in [0.1, 0.15) is 17.7 Å². The van der Waals surface area contributed by atoms with E-state index in [0.717, 1.165) is 31.4 Å². The van der Waals surface area contributed by atoms with Gasteiger partial charge in [0.2, 0.25) is 11.8 Å². The van der Waals surface area contributed by atoms with Gasteiger partial charge in [-0.05, 0) is 31.9 Å². The number of halogens is 2. The molecular weight excluding hydrogens is 290 g/mol. The zero-order chi connectivity index (χ0) is 15.9. The van der Waals surface area contributed by atoms with Gasteiger partial charge in [0.15, 0.2) is 0 Å². The van der Waals surface area contributed by atoms with Crippen LogP contribution >= 0.6 is 0 Å². The first-order valence-electron chi connectivity index (χ1n) is 7.56. The summed E-state index contributed by atoms with van der Waals surface area (Å²) in [5.74, 6) is -1.72. The summed E-state index contributed by atoms with van der Waals surface area (Å²) in [5, 5.41) is 0. The normalized spacial score (nSPS) is 22.7. The van der Waals surface area contributed by atoms with Crippen molar-refractivity contribution in [1.29, 1.82) is 0 Å². The Morgan fingerprint density at radius 1 is 1.23 bits per heavy atom. The SMILES string of the molecule is C[C@@H]1C(=O)N(c2ccc(F)cc2F)CCN1C(=O)C1CCC1. The predicted molar refractivity (Wildman–Crippen MR) is 77.2 cm³/mol. The van der Waals surface area contributed by atoms with E-state index in [1.165, 1.54) is 11.0 Å². The van der Waals surface area contributed by atoms with E-state index in [4.69, 9.17) is 0 Å². The van der Waals surface area contributed by atoms with E-state index < -0.39 is 17.7 Å². The van der Waals surface area contributed by atoms with Crippen LogP contribution in [0.3, 0.4) is 0 Å². The average molecular weight is 308 g/mol. The van der Waals surface area contributed by atoms with E-state index >= 15 is 0 Å². The Hall–Kier alpha value is -1.98. The molecule has 1 saturated carbocycles. The fourth-order valence-electron chi connectivity index (χ4n) is 3.00. The summed E-state index contributed by atoms with van der Waals surface area (Å²) in [7, 11) is 0. The van der Waals surface area contributed by atoms with Gasteiger partial charge in [-0.3, -0.25) is 9.59 Å². The smallest absolute Gasteiger partial charge is 0.249 e. The molecule has 2 fully saturated rings. The fraction of sp³-hybridized carbons (Fsp3) is 0.500. The molecule has 1 aromatic rings. The summed E-state index contributed by atoms with van der Waals surface area (Å²) >= 11 is 0. The molecule has 0 aromatic heterocycles. The minimum atomic E-state index is -0.765. The summed E-state index contributed by atoms with van der Waals surface area (Å²) < 4.78 is 26.9. The maximum Gasteiger partial charge on any atom is 0.249 e. The van der Waals surface area contributed by atoms with Crippen molar-refractivity contribution in [3.8, 4) is 0 Å². The molecule has 1 aliphatic carbocycles. The lowest BCUT2D eigenvalue weighted by Crippen LogP contribution is -2.59. The highest BCUT2D eigenvalue weighted by atomic mass is 19.1. The van der Waals surface area contributed by atoms with E-state index in [1.54, 1.807) is 11.8 Å². The molecule has 1 heterocycles. The highest BCUT2D eigenvalue weighted by Crippen LogP contribution is 2.31. The van der Waals surface area contributed by atoms with Gasteiger partial charge in [0.05, 0.1) is 5.69 Å². The van der Waals surface area contributed by atoms with Gasteiger partial charge in [-0.2, -0.15) is 0 Å². The molecule has 2 amide bonds. The van der Waals surface area contributed by atoms with Crippen LogP contribution in [0.15, 0.2) is 18.2 Å². The molecule has 1 aliphatic heterocycles. The fourth-order valence-corrected chi connectivity index (χ4v) is 3.00. The highest BCUT2D eigenvalue weighted by molar-refractivity contribution is 6.00. The van der Waals surface area contributed by atoms with E-state index in [-0.39, 0.29) is 30.0 Å². The first kappa shape index (κ1) is 14.9. The molecule has 0 radical (unpaired) electrons. The van der Waals surface area contributed by atoms with Crippen LogP contribution in [-0.4, -0.2) is 35.8 Å². The number of hydrogen-bond acceptors (Lipinski definition) is 2. The van der Waals surface area contributed by atoms with Crippen LogP contribution in [0.25, 0.3) is 0 Å². The van der Waals surface area contributed by atoms with Crippen molar-refractivity contribution in [3.05, 3.63) is 29.8 Å². The summed E-state index contributed by atoms with van der Waals surface area (Å²) in [4.78, 5) is 27.7. The van der Waals surface area contributed by atoms with Gasteiger partial charge in [-0.15, -0.1) is 0 Å². The number of piperazine rings is 1. The number of benzene rings is 1. The van der Waals surface area contributed by atoms with Crippen molar-refractivity contribution in [1.82, 2.24) is 4.90 Å². The quantitative estimate of drug-likeness (QED) is 0.841. The number of rotatable bonds is 2. The highest BCUT2D eigenvalue weighted by Gasteiger charge is 2.39. The molecule has 1 atom stereocenters. The maximum absolute atomic E-state index is 13.9. The molecular formula is C16H18F2N2O2. The Morgan fingerprint density at radius 2 is 1.95 bits per heavy atom. The standard InChI is InChI=1S/C16H18F2N2O2/c1-10-15(21)20(14-6-5-12(17)9-13(14)18)8-7-19(10)16(22)11-3-2-4-11/h5-6,9-11H,2-4,7-8H2,1H3/t10-/m1/s1. The number of carbonyl (C=O) groups is 2. The minimum absolute atomic E-state index is 0.0197. The van der Waals surface area contributed by atoms with Crippen LogP contribution in [0.2, 0.25) is 0 Å². The van der Waals surface area contributed by atoms with Crippen molar-refractivity contribution in [2.75, 3.05) is 18.0 Å². The third-order valence-corrected chi connectivity index (χ3v) is 4.59. The molecule has 3 rings (SSSR count). The van der Waals surface area contributed by atoms with Crippen molar-refractivity contribution in [3.63, 3.8) is 0 Å². The van der Waals surface area contributed by atoms with Crippen LogP contribution in [0.1, 0.15) is 26.2 Å². The van der Waals surface area contributed by atoms with Gasteiger partial charge in [0.25, 0.3) is 0 Å². The molecule has 1 aromatic carbocycles. The number of amides is 2. The van der Waals surface area contributed by atoms with Gasteiger partial charge >= 0.3 is 0 Å². The summed E-state index contributed by atoms with van der Waals surface area (Å²) in [5.41, 5.74) is 0.0639. The van der Waals surface area contributed by atoms with Crippen LogP contribution in [0, 0.1) is 17.6 Å². The van der Waals surface area contributed by atoms with E-state index in [9.17, 15) is 18.4 Å². The molecule has 0 spiro atoms. The number of anilines is 1. The van der Waals surface area contributed by atoms with Crippen LogP contribution in [-0.2, 0) is 9.59 Å². The third kappa shape index (κ3) is 2.46. The molecule has 0 bridgehead atoms. The monoisotopic (exact) mass is 308 g/mol. The van der Waals surface area contributed by atoms with E-state index in [1.807, 2.05) is 0 Å². The van der Waals surface area contributed by atoms with Crippen molar-refractivity contribution in [2.24, 2.45) is 5.92 Å². The zero-order valence-corrected chi connectivity index (χ0v) is 12.4. The molecule has 0 unspecified atom stereocenters. The second-order valence-electron chi connectivity index (χ2n) is 5.92. The summed E-state index contributed by atoms with van der Waals surface area (Å²) in [6, 6.07) is 2.53. The van der Waals surface area contributed by atoms with Crippen LogP contribution < -0.4 is 4.90 Å². The zero-order valence-electron chi connectivity index (χ0n) is 12.4. The molecule has 6 heteroatoms.